The summed E-state index contributed by atoms with van der Waals surface area (Å²) < 4.78 is 47.0. The maximum atomic E-state index is 11.8. The van der Waals surface area contributed by atoms with Gasteiger partial charge in [0.05, 0.1) is 0 Å². The fourth-order valence-electron chi connectivity index (χ4n) is 0.480. The van der Waals surface area contributed by atoms with Gasteiger partial charge in [0.15, 0.2) is 0 Å². The molecule has 0 spiro atoms. The Morgan fingerprint density at radius 3 is 1.33 bits per heavy atom. The van der Waals surface area contributed by atoms with Crippen molar-refractivity contribution in [1.29, 1.82) is 0 Å². The van der Waals surface area contributed by atoms with E-state index in [1.807, 2.05) is 0 Å². The second kappa shape index (κ2) is 3.37. The Morgan fingerprint density at radius 2 is 1.17 bits per heavy atom. The summed E-state index contributed by atoms with van der Waals surface area (Å²) in [6.45, 7) is 0. The smallest absolute Gasteiger partial charge is 0.257 e. The highest BCUT2D eigenvalue weighted by molar-refractivity contribution is 5.93. The molecule has 0 amide bonds. The van der Waals surface area contributed by atoms with Gasteiger partial charge in [0.2, 0.25) is 11.7 Å². The third-order valence-electron chi connectivity index (χ3n) is 0.995. The summed E-state index contributed by atoms with van der Waals surface area (Å²) in [6.07, 6.45) is -5.72. The summed E-state index contributed by atoms with van der Waals surface area (Å²) in [5.41, 5.74) is 3.39. The van der Waals surface area contributed by atoms with Gasteiger partial charge in [-0.2, -0.15) is 10.2 Å². The zero-order chi connectivity index (χ0) is 9.14. The molecule has 0 saturated carbocycles. The van der Waals surface area contributed by atoms with Crippen LogP contribution in [0.5, 0.6) is 0 Å². The molecule has 0 aliphatic carbocycles. The number of amidine groups is 2. The average molecular weight is 184 g/mol. The Kier molecular flexibility index (Phi) is 2.46. The predicted molar refractivity (Wildman–Crippen MR) is 33.1 cm³/mol. The minimum atomic E-state index is -2.86. The zero-order valence-corrected chi connectivity index (χ0v) is 5.56. The molecule has 0 aromatic carbocycles. The van der Waals surface area contributed by atoms with Crippen LogP contribution in [-0.2, 0) is 0 Å². The van der Waals surface area contributed by atoms with Gasteiger partial charge in [-0.05, 0) is 0 Å². The number of hydrogen-bond acceptors (Lipinski definition) is 4. The molecule has 1 aliphatic heterocycles. The van der Waals surface area contributed by atoms with Crippen LogP contribution in [0, 0.1) is 0 Å². The van der Waals surface area contributed by atoms with E-state index < -0.39 is 24.5 Å². The van der Waals surface area contributed by atoms with Gasteiger partial charge in [-0.25, -0.2) is 17.6 Å². The maximum absolute atomic E-state index is 11.8. The van der Waals surface area contributed by atoms with E-state index >= 15 is 0 Å². The molecule has 68 valence electrons. The van der Waals surface area contributed by atoms with Crippen LogP contribution in [0.15, 0.2) is 10.2 Å². The van der Waals surface area contributed by atoms with Gasteiger partial charge in [0, 0.05) is 0 Å². The number of nitrogens with one attached hydrogen (secondary N) is 2. The summed E-state index contributed by atoms with van der Waals surface area (Å²) in [6, 6.07) is 0. The molecule has 0 fully saturated rings. The number of halogens is 4. The normalized spacial score (nSPS) is 16.8. The Balaban J connectivity index is 2.54. The standard InChI is InChI=1S/C4H4F4N4/c5-1(6)3-9-11-4(2(7)8)12-10-3/h1-2H,(H,9,10)(H,11,12). The molecule has 0 aromatic heterocycles. The van der Waals surface area contributed by atoms with E-state index in [0.717, 1.165) is 0 Å². The summed E-state index contributed by atoms with van der Waals surface area (Å²) in [4.78, 5) is 0. The summed E-state index contributed by atoms with van der Waals surface area (Å²) in [5, 5.41) is 5.85. The van der Waals surface area contributed by atoms with Crippen LogP contribution in [0.2, 0.25) is 0 Å². The first-order valence-corrected chi connectivity index (χ1v) is 2.84. The lowest BCUT2D eigenvalue weighted by Gasteiger charge is -2.12. The van der Waals surface area contributed by atoms with Crippen LogP contribution in [-0.4, -0.2) is 24.5 Å². The number of nitrogens with zero attached hydrogens (tertiary/aromatic N) is 2. The molecule has 1 aliphatic rings. The van der Waals surface area contributed by atoms with Crippen molar-refractivity contribution in [1.82, 2.24) is 10.9 Å². The average Bonchev–Trinajstić information content (AvgIpc) is 2.04. The molecule has 1 rings (SSSR count). The first-order valence-electron chi connectivity index (χ1n) is 2.84. The minimum Gasteiger partial charge on any atom is -0.257 e. The molecule has 0 unspecified atom stereocenters. The van der Waals surface area contributed by atoms with E-state index in [2.05, 4.69) is 10.2 Å². The van der Waals surface area contributed by atoms with Crippen molar-refractivity contribution in [3.63, 3.8) is 0 Å². The zero-order valence-electron chi connectivity index (χ0n) is 5.56. The summed E-state index contributed by atoms with van der Waals surface area (Å²) in [5.74, 6) is -1.56. The van der Waals surface area contributed by atoms with Gasteiger partial charge in [0.1, 0.15) is 0 Å². The highest BCUT2D eigenvalue weighted by Gasteiger charge is 2.20. The quantitative estimate of drug-likeness (QED) is 0.608. The lowest BCUT2D eigenvalue weighted by Crippen LogP contribution is -2.40. The van der Waals surface area contributed by atoms with Gasteiger partial charge in [-0.3, -0.25) is 10.9 Å². The fourth-order valence-corrected chi connectivity index (χ4v) is 0.480. The van der Waals surface area contributed by atoms with E-state index in [1.165, 1.54) is 0 Å². The summed E-state index contributed by atoms with van der Waals surface area (Å²) >= 11 is 0. The Hall–Kier alpha value is -1.34. The van der Waals surface area contributed by atoms with E-state index in [9.17, 15) is 17.6 Å². The third-order valence-corrected chi connectivity index (χ3v) is 0.995. The van der Waals surface area contributed by atoms with Crippen molar-refractivity contribution in [2.24, 2.45) is 10.2 Å². The van der Waals surface area contributed by atoms with Gasteiger partial charge < -0.3 is 0 Å². The van der Waals surface area contributed by atoms with Crippen LogP contribution in [0.4, 0.5) is 17.6 Å². The van der Waals surface area contributed by atoms with E-state index in [0.29, 0.717) is 0 Å². The molecule has 0 saturated heterocycles. The van der Waals surface area contributed by atoms with E-state index in [4.69, 9.17) is 0 Å². The van der Waals surface area contributed by atoms with Gasteiger partial charge in [-0.1, -0.05) is 0 Å². The number of alkyl halides is 4. The molecule has 0 bridgehead atoms. The highest BCUT2D eigenvalue weighted by Crippen LogP contribution is 2.00. The van der Waals surface area contributed by atoms with Crippen molar-refractivity contribution in [2.75, 3.05) is 0 Å². The molecule has 0 atom stereocenters. The Labute approximate surface area is 64.3 Å². The van der Waals surface area contributed by atoms with Gasteiger partial charge >= 0.3 is 0 Å². The van der Waals surface area contributed by atoms with Crippen molar-refractivity contribution >= 4 is 11.7 Å². The predicted octanol–water partition coefficient (Wildman–Crippen LogP) is 0.336. The van der Waals surface area contributed by atoms with Crippen molar-refractivity contribution in [3.05, 3.63) is 0 Å². The number of hydrazone groups is 2. The Bertz CT molecular complexity index is 199. The van der Waals surface area contributed by atoms with Crippen LogP contribution < -0.4 is 10.9 Å². The lowest BCUT2D eigenvalue weighted by atomic mass is 10.6. The molecule has 0 radical (unpaired) electrons. The second-order valence-electron chi connectivity index (χ2n) is 1.82. The minimum absolute atomic E-state index is 0.778. The number of rotatable bonds is 2. The molecular weight excluding hydrogens is 180 g/mol. The van der Waals surface area contributed by atoms with Crippen molar-refractivity contribution in [2.45, 2.75) is 12.9 Å². The van der Waals surface area contributed by atoms with Gasteiger partial charge in [-0.15, -0.1) is 0 Å². The maximum Gasteiger partial charge on any atom is 0.298 e. The molecule has 4 nitrogen and oxygen atoms in total. The highest BCUT2D eigenvalue weighted by atomic mass is 19.3. The van der Waals surface area contributed by atoms with Gasteiger partial charge in [0.25, 0.3) is 12.9 Å². The van der Waals surface area contributed by atoms with Crippen molar-refractivity contribution < 1.29 is 17.6 Å². The second-order valence-corrected chi connectivity index (χ2v) is 1.82. The largest absolute Gasteiger partial charge is 0.298 e. The molecule has 2 N–H and O–H groups in total. The first kappa shape index (κ1) is 8.75. The Morgan fingerprint density at radius 1 is 0.833 bits per heavy atom. The fraction of sp³-hybridized carbons (Fsp3) is 0.500. The van der Waals surface area contributed by atoms with Crippen LogP contribution in [0.3, 0.4) is 0 Å². The number of hydrogen-bond donors (Lipinski definition) is 2. The van der Waals surface area contributed by atoms with Crippen LogP contribution >= 0.6 is 0 Å². The first-order chi connectivity index (χ1) is 5.61. The van der Waals surface area contributed by atoms with Crippen LogP contribution in [0.1, 0.15) is 0 Å². The van der Waals surface area contributed by atoms with Crippen LogP contribution in [0.25, 0.3) is 0 Å². The molecular formula is C4H4F4N4. The molecule has 12 heavy (non-hydrogen) atoms. The molecule has 0 aromatic rings. The molecule has 1 heterocycles. The van der Waals surface area contributed by atoms with E-state index in [-0.39, 0.29) is 0 Å². The van der Waals surface area contributed by atoms with Crippen molar-refractivity contribution in [3.8, 4) is 0 Å². The topological polar surface area (TPSA) is 48.8 Å². The monoisotopic (exact) mass is 184 g/mol. The third kappa shape index (κ3) is 1.83. The summed E-state index contributed by atoms with van der Waals surface area (Å²) in [7, 11) is 0. The lowest BCUT2D eigenvalue weighted by molar-refractivity contribution is 0.211. The van der Waals surface area contributed by atoms with E-state index in [1.54, 1.807) is 10.9 Å². The SMILES string of the molecule is FC(F)C1=NNC(C(F)F)=NN1. The molecule has 8 heteroatoms.